The van der Waals surface area contributed by atoms with E-state index in [0.29, 0.717) is 30.9 Å². The molecule has 1 atom stereocenters. The number of likely N-dealkylation sites (N-methyl/N-ethyl adjacent to an activating group) is 1. The van der Waals surface area contributed by atoms with Gasteiger partial charge in [0, 0.05) is 24.9 Å². The predicted octanol–water partition coefficient (Wildman–Crippen LogP) is 4.10. The molecule has 3 aromatic carbocycles. The fourth-order valence-electron chi connectivity index (χ4n) is 3.17. The smallest absolute Gasteiger partial charge is 0.319 e. The Morgan fingerprint density at radius 2 is 1.50 bits per heavy atom. The van der Waals surface area contributed by atoms with Crippen molar-refractivity contribution in [2.24, 2.45) is 0 Å². The summed E-state index contributed by atoms with van der Waals surface area (Å²) >= 11 is 0. The second-order valence-corrected chi connectivity index (χ2v) is 7.59. The number of hydrogen-bond donors (Lipinski definition) is 4. The van der Waals surface area contributed by atoms with Gasteiger partial charge in [0.25, 0.3) is 0 Å². The van der Waals surface area contributed by atoms with Gasteiger partial charge in [0.05, 0.1) is 6.04 Å². The first-order chi connectivity index (χ1) is 16.6. The lowest BCUT2D eigenvalue weighted by atomic mass is 10.1. The molecule has 0 aromatic heterocycles. The van der Waals surface area contributed by atoms with Crippen molar-refractivity contribution >= 4 is 17.6 Å². The first kappa shape index (κ1) is 24.5. The second-order valence-electron chi connectivity index (χ2n) is 7.59. The van der Waals surface area contributed by atoms with E-state index in [9.17, 15) is 9.59 Å². The molecule has 0 radical (unpaired) electrons. The Bertz CT molecular complexity index is 1050. The van der Waals surface area contributed by atoms with Gasteiger partial charge in [0.2, 0.25) is 5.91 Å². The summed E-state index contributed by atoms with van der Waals surface area (Å²) in [5.74, 6) is 1.21. The van der Waals surface area contributed by atoms with Crippen LogP contribution in [-0.2, 0) is 11.2 Å². The Morgan fingerprint density at radius 1 is 0.853 bits per heavy atom. The van der Waals surface area contributed by atoms with Crippen LogP contribution in [0.3, 0.4) is 0 Å². The van der Waals surface area contributed by atoms with Crippen LogP contribution >= 0.6 is 0 Å². The lowest BCUT2D eigenvalue weighted by Gasteiger charge is -2.16. The number of ether oxygens (including phenoxy) is 1. The van der Waals surface area contributed by atoms with Gasteiger partial charge in [0.15, 0.2) is 0 Å². The van der Waals surface area contributed by atoms with Crippen LogP contribution in [0.2, 0.25) is 0 Å². The van der Waals surface area contributed by atoms with Gasteiger partial charge >= 0.3 is 6.03 Å². The fourth-order valence-corrected chi connectivity index (χ4v) is 3.17. The number of amides is 3. The van der Waals surface area contributed by atoms with Gasteiger partial charge in [-0.25, -0.2) is 4.79 Å². The van der Waals surface area contributed by atoms with Gasteiger partial charge in [-0.05, 0) is 55.4 Å². The number of urea groups is 1. The zero-order valence-corrected chi connectivity index (χ0v) is 19.2. The maximum Gasteiger partial charge on any atom is 0.319 e. The summed E-state index contributed by atoms with van der Waals surface area (Å²) in [5.41, 5.74) is 1.68. The monoisotopic (exact) mass is 458 g/mol. The number of benzene rings is 3. The summed E-state index contributed by atoms with van der Waals surface area (Å²) in [6.45, 7) is 1.21. The van der Waals surface area contributed by atoms with Crippen molar-refractivity contribution < 1.29 is 14.3 Å². The summed E-state index contributed by atoms with van der Waals surface area (Å²) < 4.78 is 5.78. The standard InChI is InChI=1S/C27H30N4O3/c1-28-18-19-29-26(32)17-14-23(20-21-8-4-2-5-9-21)31-27(33)30-22-12-15-25(16-13-22)34-24-10-6-3-7-11-24/h2-17,23,28H,18-20H2,1H3,(H,29,32)(H2,30,31,33)/t23-/m1/s1. The molecule has 0 bridgehead atoms. The maximum atomic E-state index is 12.6. The normalized spacial score (nSPS) is 11.6. The van der Waals surface area contributed by atoms with E-state index in [1.807, 2.05) is 67.7 Å². The Hall–Kier alpha value is -4.10. The molecule has 0 heterocycles. The Morgan fingerprint density at radius 3 is 2.18 bits per heavy atom. The molecule has 0 saturated carbocycles. The summed E-state index contributed by atoms with van der Waals surface area (Å²) in [4.78, 5) is 24.7. The van der Waals surface area contributed by atoms with Crippen LogP contribution in [0.15, 0.2) is 97.1 Å². The van der Waals surface area contributed by atoms with E-state index < -0.39 is 0 Å². The van der Waals surface area contributed by atoms with Gasteiger partial charge in [0.1, 0.15) is 11.5 Å². The highest BCUT2D eigenvalue weighted by Gasteiger charge is 2.11. The number of nitrogens with one attached hydrogen (secondary N) is 4. The van der Waals surface area contributed by atoms with E-state index in [-0.39, 0.29) is 18.0 Å². The molecule has 3 aromatic rings. The summed E-state index contributed by atoms with van der Waals surface area (Å²) in [6.07, 6.45) is 3.72. The molecule has 0 aliphatic carbocycles. The highest BCUT2D eigenvalue weighted by molar-refractivity contribution is 5.90. The highest BCUT2D eigenvalue weighted by atomic mass is 16.5. The quantitative estimate of drug-likeness (QED) is 0.257. The lowest BCUT2D eigenvalue weighted by molar-refractivity contribution is -0.116. The molecule has 3 rings (SSSR count). The van der Waals surface area contributed by atoms with Gasteiger partial charge in [-0.1, -0.05) is 54.6 Å². The Balaban J connectivity index is 1.58. The molecule has 0 fully saturated rings. The third-order valence-corrected chi connectivity index (χ3v) is 4.86. The molecule has 7 heteroatoms. The van der Waals surface area contributed by atoms with Crippen molar-refractivity contribution in [3.05, 3.63) is 103 Å². The molecule has 176 valence electrons. The molecule has 0 aliphatic rings. The highest BCUT2D eigenvalue weighted by Crippen LogP contribution is 2.22. The van der Waals surface area contributed by atoms with Gasteiger partial charge < -0.3 is 26.0 Å². The predicted molar refractivity (Wildman–Crippen MR) is 135 cm³/mol. The number of carbonyl (C=O) groups is 2. The van der Waals surface area contributed by atoms with Crippen LogP contribution in [0.25, 0.3) is 0 Å². The average molecular weight is 459 g/mol. The van der Waals surface area contributed by atoms with Crippen molar-refractivity contribution in [3.63, 3.8) is 0 Å². The topological polar surface area (TPSA) is 91.5 Å². The third-order valence-electron chi connectivity index (χ3n) is 4.86. The molecule has 0 saturated heterocycles. The van der Waals surface area contributed by atoms with Crippen LogP contribution in [0.1, 0.15) is 5.56 Å². The Labute approximate surface area is 200 Å². The van der Waals surface area contributed by atoms with Gasteiger partial charge in [-0.3, -0.25) is 4.79 Å². The SMILES string of the molecule is CNCCNC(=O)C=C[C@H](Cc1ccccc1)NC(=O)Nc1ccc(Oc2ccccc2)cc1. The van der Waals surface area contributed by atoms with Gasteiger partial charge in [-0.2, -0.15) is 0 Å². The minimum absolute atomic E-state index is 0.204. The molecule has 0 spiro atoms. The average Bonchev–Trinajstić information content (AvgIpc) is 2.85. The van der Waals surface area contributed by atoms with E-state index in [0.717, 1.165) is 11.3 Å². The Kier molecular flexibility index (Phi) is 9.71. The fraction of sp³-hybridized carbons (Fsp3) is 0.185. The first-order valence-corrected chi connectivity index (χ1v) is 11.2. The lowest BCUT2D eigenvalue weighted by Crippen LogP contribution is -2.38. The van der Waals surface area contributed by atoms with Crippen molar-refractivity contribution in [1.29, 1.82) is 0 Å². The van der Waals surface area contributed by atoms with Crippen molar-refractivity contribution in [1.82, 2.24) is 16.0 Å². The number of para-hydroxylation sites is 1. The van der Waals surface area contributed by atoms with E-state index in [1.54, 1.807) is 30.3 Å². The van der Waals surface area contributed by atoms with E-state index in [4.69, 9.17) is 4.74 Å². The van der Waals surface area contributed by atoms with Crippen LogP contribution in [0.4, 0.5) is 10.5 Å². The van der Waals surface area contributed by atoms with Crippen LogP contribution in [0, 0.1) is 0 Å². The van der Waals surface area contributed by atoms with E-state index >= 15 is 0 Å². The van der Waals surface area contributed by atoms with Crippen molar-refractivity contribution in [2.75, 3.05) is 25.5 Å². The maximum absolute atomic E-state index is 12.6. The number of anilines is 1. The zero-order valence-electron chi connectivity index (χ0n) is 19.2. The summed E-state index contributed by atoms with van der Waals surface area (Å²) in [6, 6.07) is 25.7. The van der Waals surface area contributed by atoms with E-state index in [1.165, 1.54) is 6.08 Å². The zero-order chi connectivity index (χ0) is 24.0. The molecule has 4 N–H and O–H groups in total. The molecule has 0 unspecified atom stereocenters. The summed E-state index contributed by atoms with van der Waals surface area (Å²) in [5, 5.41) is 11.5. The molecular formula is C27H30N4O3. The largest absolute Gasteiger partial charge is 0.457 e. The van der Waals surface area contributed by atoms with E-state index in [2.05, 4.69) is 21.3 Å². The van der Waals surface area contributed by atoms with Crippen molar-refractivity contribution in [3.8, 4) is 11.5 Å². The molecular weight excluding hydrogens is 428 g/mol. The van der Waals surface area contributed by atoms with Gasteiger partial charge in [-0.15, -0.1) is 0 Å². The molecule has 3 amide bonds. The first-order valence-electron chi connectivity index (χ1n) is 11.2. The minimum Gasteiger partial charge on any atom is -0.457 e. The number of carbonyl (C=O) groups excluding carboxylic acids is 2. The molecule has 7 nitrogen and oxygen atoms in total. The second kappa shape index (κ2) is 13.4. The minimum atomic E-state index is -0.363. The summed E-state index contributed by atoms with van der Waals surface area (Å²) in [7, 11) is 1.82. The van der Waals surface area contributed by atoms with Crippen LogP contribution in [-0.4, -0.2) is 38.1 Å². The van der Waals surface area contributed by atoms with Crippen molar-refractivity contribution in [2.45, 2.75) is 12.5 Å². The van der Waals surface area contributed by atoms with Crippen LogP contribution in [0.5, 0.6) is 11.5 Å². The molecule has 0 aliphatic heterocycles. The van der Waals surface area contributed by atoms with Crippen LogP contribution < -0.4 is 26.0 Å². The molecule has 34 heavy (non-hydrogen) atoms. The number of hydrogen-bond acceptors (Lipinski definition) is 4. The number of rotatable bonds is 11. The third kappa shape index (κ3) is 8.80.